The van der Waals surface area contributed by atoms with Crippen LogP contribution in [0, 0.1) is 6.92 Å². The minimum absolute atomic E-state index is 0.182. The van der Waals surface area contributed by atoms with Crippen molar-refractivity contribution < 1.29 is 0 Å². The molecule has 0 amide bonds. The molecule has 106 valence electrons. The maximum atomic E-state index is 6.14. The van der Waals surface area contributed by atoms with Gasteiger partial charge in [-0.25, -0.2) is 0 Å². The Morgan fingerprint density at radius 3 is 2.65 bits per heavy atom. The molecule has 3 heteroatoms. The SMILES string of the molecule is CCCNC(c1cccc(Cl)c1)c1ccc(Br)cc1C. The van der Waals surface area contributed by atoms with E-state index in [0.717, 1.165) is 22.5 Å². The zero-order chi connectivity index (χ0) is 14.5. The van der Waals surface area contributed by atoms with Crippen LogP contribution < -0.4 is 5.32 Å². The maximum Gasteiger partial charge on any atom is 0.0579 e. The van der Waals surface area contributed by atoms with Gasteiger partial charge in [0.2, 0.25) is 0 Å². The van der Waals surface area contributed by atoms with E-state index in [9.17, 15) is 0 Å². The molecule has 0 saturated carbocycles. The first-order valence-electron chi connectivity index (χ1n) is 6.86. The first-order chi connectivity index (χ1) is 9.61. The topological polar surface area (TPSA) is 12.0 Å². The Balaban J connectivity index is 2.41. The van der Waals surface area contributed by atoms with E-state index in [1.54, 1.807) is 0 Å². The number of aryl methyl sites for hydroxylation is 1. The first kappa shape index (κ1) is 15.6. The van der Waals surface area contributed by atoms with Crippen LogP contribution in [0.5, 0.6) is 0 Å². The molecule has 0 aliphatic heterocycles. The van der Waals surface area contributed by atoms with Gasteiger partial charge in [0.15, 0.2) is 0 Å². The molecule has 20 heavy (non-hydrogen) atoms. The van der Waals surface area contributed by atoms with Crippen molar-refractivity contribution >= 4 is 27.5 Å². The summed E-state index contributed by atoms with van der Waals surface area (Å²) >= 11 is 9.66. The van der Waals surface area contributed by atoms with Crippen LogP contribution in [0.3, 0.4) is 0 Å². The van der Waals surface area contributed by atoms with Gasteiger partial charge in [-0.1, -0.05) is 52.7 Å². The van der Waals surface area contributed by atoms with Gasteiger partial charge in [-0.2, -0.15) is 0 Å². The molecule has 2 rings (SSSR count). The van der Waals surface area contributed by atoms with Crippen molar-refractivity contribution in [3.63, 3.8) is 0 Å². The van der Waals surface area contributed by atoms with E-state index in [0.29, 0.717) is 0 Å². The third-order valence-electron chi connectivity index (χ3n) is 3.32. The van der Waals surface area contributed by atoms with Crippen LogP contribution in [-0.2, 0) is 0 Å². The lowest BCUT2D eigenvalue weighted by atomic mass is 9.95. The monoisotopic (exact) mass is 351 g/mol. The number of benzene rings is 2. The number of nitrogens with one attached hydrogen (secondary N) is 1. The molecule has 1 N–H and O–H groups in total. The highest BCUT2D eigenvalue weighted by Gasteiger charge is 2.15. The van der Waals surface area contributed by atoms with E-state index in [-0.39, 0.29) is 6.04 Å². The van der Waals surface area contributed by atoms with Crippen LogP contribution in [0.4, 0.5) is 0 Å². The molecular weight excluding hydrogens is 334 g/mol. The van der Waals surface area contributed by atoms with Crippen LogP contribution in [0.2, 0.25) is 5.02 Å². The van der Waals surface area contributed by atoms with Gasteiger partial charge in [-0.05, 0) is 60.8 Å². The van der Waals surface area contributed by atoms with Gasteiger partial charge in [0, 0.05) is 9.50 Å². The lowest BCUT2D eigenvalue weighted by Crippen LogP contribution is -2.23. The summed E-state index contributed by atoms with van der Waals surface area (Å²) in [6, 6.07) is 14.7. The van der Waals surface area contributed by atoms with Gasteiger partial charge in [0.1, 0.15) is 0 Å². The van der Waals surface area contributed by atoms with E-state index < -0.39 is 0 Å². The molecule has 2 aromatic rings. The molecule has 0 aliphatic carbocycles. The van der Waals surface area contributed by atoms with Crippen LogP contribution in [0.15, 0.2) is 46.9 Å². The smallest absolute Gasteiger partial charge is 0.0579 e. The van der Waals surface area contributed by atoms with Gasteiger partial charge < -0.3 is 5.32 Å². The Labute approximate surface area is 134 Å². The molecule has 0 saturated heterocycles. The summed E-state index contributed by atoms with van der Waals surface area (Å²) in [4.78, 5) is 0. The minimum atomic E-state index is 0.182. The Hall–Kier alpha value is -0.830. The van der Waals surface area contributed by atoms with Crippen molar-refractivity contribution in [3.05, 3.63) is 68.7 Å². The third-order valence-corrected chi connectivity index (χ3v) is 4.05. The summed E-state index contributed by atoms with van der Waals surface area (Å²) in [5.74, 6) is 0. The molecule has 1 nitrogen and oxygen atoms in total. The van der Waals surface area contributed by atoms with E-state index >= 15 is 0 Å². The molecule has 0 radical (unpaired) electrons. The van der Waals surface area contributed by atoms with Crippen LogP contribution >= 0.6 is 27.5 Å². The van der Waals surface area contributed by atoms with E-state index in [1.165, 1.54) is 16.7 Å². The highest BCUT2D eigenvalue weighted by Crippen LogP contribution is 2.28. The lowest BCUT2D eigenvalue weighted by Gasteiger charge is -2.22. The second kappa shape index (κ2) is 7.26. The predicted octanol–water partition coefficient (Wildman–Crippen LogP) is 5.50. The van der Waals surface area contributed by atoms with Crippen molar-refractivity contribution in [3.8, 4) is 0 Å². The summed E-state index contributed by atoms with van der Waals surface area (Å²) in [7, 11) is 0. The molecule has 0 aromatic heterocycles. The van der Waals surface area contributed by atoms with E-state index in [4.69, 9.17) is 11.6 Å². The molecule has 0 heterocycles. The Kier molecular flexibility index (Phi) is 5.64. The molecule has 2 aromatic carbocycles. The zero-order valence-corrected chi connectivity index (χ0v) is 14.1. The fourth-order valence-electron chi connectivity index (χ4n) is 2.35. The Morgan fingerprint density at radius 1 is 1.20 bits per heavy atom. The summed E-state index contributed by atoms with van der Waals surface area (Å²) in [5.41, 5.74) is 3.77. The largest absolute Gasteiger partial charge is 0.306 e. The second-order valence-electron chi connectivity index (χ2n) is 4.94. The standard InChI is InChI=1S/C17H19BrClN/c1-3-9-20-17(13-5-4-6-15(19)11-13)16-8-7-14(18)10-12(16)2/h4-8,10-11,17,20H,3,9H2,1-2H3. The van der Waals surface area contributed by atoms with Crippen molar-refractivity contribution in [2.45, 2.75) is 26.3 Å². The van der Waals surface area contributed by atoms with Gasteiger partial charge in [0.05, 0.1) is 6.04 Å². The van der Waals surface area contributed by atoms with Crippen molar-refractivity contribution in [2.75, 3.05) is 6.54 Å². The van der Waals surface area contributed by atoms with Gasteiger partial charge in [0.25, 0.3) is 0 Å². The average Bonchev–Trinajstić information content (AvgIpc) is 2.41. The van der Waals surface area contributed by atoms with Crippen LogP contribution in [-0.4, -0.2) is 6.54 Å². The first-order valence-corrected chi connectivity index (χ1v) is 8.04. The summed E-state index contributed by atoms with van der Waals surface area (Å²) in [6.45, 7) is 5.30. The van der Waals surface area contributed by atoms with Crippen molar-refractivity contribution in [1.29, 1.82) is 0 Å². The van der Waals surface area contributed by atoms with Crippen molar-refractivity contribution in [2.24, 2.45) is 0 Å². The Morgan fingerprint density at radius 2 is 2.00 bits per heavy atom. The molecule has 1 unspecified atom stereocenters. The van der Waals surface area contributed by atoms with E-state index in [1.807, 2.05) is 18.2 Å². The maximum absolute atomic E-state index is 6.14. The molecular formula is C17H19BrClN. The van der Waals surface area contributed by atoms with Crippen molar-refractivity contribution in [1.82, 2.24) is 5.32 Å². The van der Waals surface area contributed by atoms with E-state index in [2.05, 4.69) is 59.4 Å². The summed E-state index contributed by atoms with van der Waals surface area (Å²) in [6.07, 6.45) is 1.10. The van der Waals surface area contributed by atoms with Gasteiger partial charge >= 0.3 is 0 Å². The molecule has 0 aliphatic rings. The highest BCUT2D eigenvalue weighted by molar-refractivity contribution is 9.10. The van der Waals surface area contributed by atoms with Gasteiger partial charge in [-0.15, -0.1) is 0 Å². The number of hydrogen-bond donors (Lipinski definition) is 1. The molecule has 1 atom stereocenters. The average molecular weight is 353 g/mol. The molecule has 0 spiro atoms. The Bertz CT molecular complexity index is 583. The normalized spacial score (nSPS) is 12.4. The molecule has 0 bridgehead atoms. The summed E-state index contributed by atoms with van der Waals surface area (Å²) in [5, 5.41) is 4.39. The fraction of sp³-hybridized carbons (Fsp3) is 0.294. The fourth-order valence-corrected chi connectivity index (χ4v) is 3.02. The zero-order valence-electron chi connectivity index (χ0n) is 11.8. The van der Waals surface area contributed by atoms with Gasteiger partial charge in [-0.3, -0.25) is 0 Å². The lowest BCUT2D eigenvalue weighted by molar-refractivity contribution is 0.596. The quantitative estimate of drug-likeness (QED) is 0.749. The highest BCUT2D eigenvalue weighted by atomic mass is 79.9. The molecule has 0 fully saturated rings. The third kappa shape index (κ3) is 3.85. The minimum Gasteiger partial charge on any atom is -0.306 e. The van der Waals surface area contributed by atoms with Crippen LogP contribution in [0.25, 0.3) is 0 Å². The summed E-state index contributed by atoms with van der Waals surface area (Å²) < 4.78 is 1.11. The predicted molar refractivity (Wildman–Crippen MR) is 90.5 cm³/mol. The second-order valence-corrected chi connectivity index (χ2v) is 6.30. The van der Waals surface area contributed by atoms with Crippen LogP contribution in [0.1, 0.15) is 36.1 Å². The number of hydrogen-bond acceptors (Lipinski definition) is 1. The number of halogens is 2. The number of rotatable bonds is 5.